The Balaban J connectivity index is 1.48. The lowest BCUT2D eigenvalue weighted by molar-refractivity contribution is -0.171. The molecule has 1 fully saturated rings. The van der Waals surface area contributed by atoms with Gasteiger partial charge in [0.05, 0.1) is 28.0 Å². The Hall–Kier alpha value is -2.56. The molecule has 1 aromatic heterocycles. The van der Waals surface area contributed by atoms with E-state index < -0.39 is 34.7 Å². The highest BCUT2D eigenvalue weighted by Crippen LogP contribution is 2.36. The molecule has 2 aromatic rings. The van der Waals surface area contributed by atoms with Crippen molar-refractivity contribution in [2.75, 3.05) is 5.32 Å². The maximum absolute atomic E-state index is 13.0. The molecule has 1 atom stereocenters. The number of hydrogen-bond donors (Lipinski definition) is 3. The van der Waals surface area contributed by atoms with E-state index in [0.29, 0.717) is 37.1 Å². The van der Waals surface area contributed by atoms with E-state index in [1.54, 1.807) is 18.3 Å². The van der Waals surface area contributed by atoms with Crippen LogP contribution in [0.15, 0.2) is 36.5 Å². The van der Waals surface area contributed by atoms with Gasteiger partial charge in [0.1, 0.15) is 5.75 Å². The van der Waals surface area contributed by atoms with Gasteiger partial charge in [0.2, 0.25) is 0 Å². The highest BCUT2D eigenvalue weighted by atomic mass is 35.5. The highest BCUT2D eigenvalue weighted by molar-refractivity contribution is 6.31. The van der Waals surface area contributed by atoms with E-state index in [0.717, 1.165) is 12.1 Å². The van der Waals surface area contributed by atoms with Gasteiger partial charge in [0, 0.05) is 24.0 Å². The topological polar surface area (TPSA) is 92.7 Å². The molecule has 1 aliphatic carbocycles. The van der Waals surface area contributed by atoms with Gasteiger partial charge in [-0.25, -0.2) is 4.79 Å². The van der Waals surface area contributed by atoms with Gasteiger partial charge >= 0.3 is 12.2 Å². The van der Waals surface area contributed by atoms with E-state index in [4.69, 9.17) is 21.1 Å². The summed E-state index contributed by atoms with van der Waals surface area (Å²) in [6.07, 6.45) is -1.72. The van der Waals surface area contributed by atoms with Crippen molar-refractivity contribution in [3.05, 3.63) is 52.8 Å². The SMILES string of the molecule is CC(C)(C)OC(O)c1cc(OC2CCC(NC(=O)Nc3ccc(Cl)c(C(F)(F)F)c3)CC2)ccn1. The number of aliphatic hydroxyl groups is 1. The Morgan fingerprint density at radius 3 is 2.46 bits per heavy atom. The van der Waals surface area contributed by atoms with Crippen LogP contribution in [-0.2, 0) is 10.9 Å². The van der Waals surface area contributed by atoms with Gasteiger partial charge in [-0.1, -0.05) is 11.6 Å². The van der Waals surface area contributed by atoms with Crippen molar-refractivity contribution < 1.29 is 32.5 Å². The molecule has 35 heavy (non-hydrogen) atoms. The zero-order valence-corrected chi connectivity index (χ0v) is 20.4. The minimum atomic E-state index is -4.61. The molecule has 2 amide bonds. The average molecular weight is 516 g/mol. The van der Waals surface area contributed by atoms with Crippen LogP contribution in [0.4, 0.5) is 23.7 Å². The fourth-order valence-electron chi connectivity index (χ4n) is 3.72. The van der Waals surface area contributed by atoms with Gasteiger partial charge in [0.15, 0.2) is 6.29 Å². The number of pyridine rings is 1. The second-order valence-corrected chi connectivity index (χ2v) is 9.79. The van der Waals surface area contributed by atoms with Crippen molar-refractivity contribution in [2.45, 2.75) is 76.7 Å². The van der Waals surface area contributed by atoms with Gasteiger partial charge in [-0.3, -0.25) is 4.98 Å². The van der Waals surface area contributed by atoms with E-state index in [1.807, 2.05) is 20.8 Å². The molecule has 3 N–H and O–H groups in total. The summed E-state index contributed by atoms with van der Waals surface area (Å²) in [5.41, 5.74) is -1.20. The summed E-state index contributed by atoms with van der Waals surface area (Å²) in [6.45, 7) is 5.50. The quantitative estimate of drug-likeness (QED) is 0.406. The zero-order valence-electron chi connectivity index (χ0n) is 19.7. The van der Waals surface area contributed by atoms with Crippen LogP contribution in [-0.4, -0.2) is 33.9 Å². The molecule has 1 aromatic carbocycles. The van der Waals surface area contributed by atoms with Crippen LogP contribution in [0, 0.1) is 0 Å². The molecule has 0 aliphatic heterocycles. The van der Waals surface area contributed by atoms with E-state index in [-0.39, 0.29) is 17.8 Å². The molecule has 0 saturated heterocycles. The van der Waals surface area contributed by atoms with Crippen molar-refractivity contribution in [1.82, 2.24) is 10.3 Å². The fourth-order valence-corrected chi connectivity index (χ4v) is 3.95. The second kappa shape index (κ2) is 11.0. The highest BCUT2D eigenvalue weighted by Gasteiger charge is 2.33. The molecular weight excluding hydrogens is 487 g/mol. The number of carbonyl (C=O) groups is 1. The number of halogens is 4. The number of aromatic nitrogens is 1. The summed E-state index contributed by atoms with van der Waals surface area (Å²) >= 11 is 5.61. The van der Waals surface area contributed by atoms with Gasteiger partial charge in [-0.15, -0.1) is 0 Å². The number of rotatable bonds is 6. The van der Waals surface area contributed by atoms with Gasteiger partial charge in [-0.05, 0) is 70.7 Å². The number of nitrogens with zero attached hydrogens (tertiary/aromatic N) is 1. The van der Waals surface area contributed by atoms with Gasteiger partial charge in [-0.2, -0.15) is 13.2 Å². The minimum absolute atomic E-state index is 0.00219. The zero-order chi connectivity index (χ0) is 25.8. The number of ether oxygens (including phenoxy) is 2. The molecule has 1 aliphatic rings. The summed E-state index contributed by atoms with van der Waals surface area (Å²) in [5.74, 6) is 0.559. The maximum Gasteiger partial charge on any atom is 0.417 e. The first-order valence-electron chi connectivity index (χ1n) is 11.2. The summed E-state index contributed by atoms with van der Waals surface area (Å²) < 4.78 is 50.6. The predicted molar refractivity (Wildman–Crippen MR) is 125 cm³/mol. The van der Waals surface area contributed by atoms with E-state index >= 15 is 0 Å². The lowest BCUT2D eigenvalue weighted by atomic mass is 9.93. The van der Waals surface area contributed by atoms with E-state index in [2.05, 4.69) is 15.6 Å². The van der Waals surface area contributed by atoms with Crippen molar-refractivity contribution >= 4 is 23.3 Å². The second-order valence-electron chi connectivity index (χ2n) is 9.38. The first-order chi connectivity index (χ1) is 16.3. The number of benzene rings is 1. The average Bonchev–Trinajstić information content (AvgIpc) is 2.75. The summed E-state index contributed by atoms with van der Waals surface area (Å²) in [5, 5.41) is 15.0. The number of carbonyl (C=O) groups excluding carboxylic acids is 1. The standard InChI is InChI=1S/C24H29ClF3N3O4/c1-23(2,3)35-21(32)20-13-17(10-11-29-20)34-16-7-4-14(5-8-16)30-22(33)31-15-6-9-19(25)18(12-15)24(26,27)28/h6,9-14,16,21,32H,4-5,7-8H2,1-3H3,(H2,30,31,33). The number of aliphatic hydroxyl groups excluding tert-OH is 1. The third-order valence-electron chi connectivity index (χ3n) is 5.31. The number of anilines is 1. The minimum Gasteiger partial charge on any atom is -0.490 e. The molecule has 1 saturated carbocycles. The predicted octanol–water partition coefficient (Wildman–Crippen LogP) is 6.07. The van der Waals surface area contributed by atoms with Crippen molar-refractivity contribution in [1.29, 1.82) is 0 Å². The summed E-state index contributed by atoms with van der Waals surface area (Å²) in [4.78, 5) is 16.4. The van der Waals surface area contributed by atoms with Gasteiger partial charge in [0.25, 0.3) is 0 Å². The van der Waals surface area contributed by atoms with Gasteiger partial charge < -0.3 is 25.2 Å². The Labute approximate surface area is 207 Å². The Morgan fingerprint density at radius 2 is 1.83 bits per heavy atom. The van der Waals surface area contributed by atoms with Crippen molar-refractivity contribution in [2.24, 2.45) is 0 Å². The number of amides is 2. The largest absolute Gasteiger partial charge is 0.490 e. The molecule has 0 spiro atoms. The van der Waals surface area contributed by atoms with Crippen LogP contribution >= 0.6 is 11.6 Å². The molecule has 0 radical (unpaired) electrons. The molecule has 1 heterocycles. The molecule has 0 bridgehead atoms. The van der Waals surface area contributed by atoms with Crippen molar-refractivity contribution in [3.63, 3.8) is 0 Å². The number of alkyl halides is 3. The van der Waals surface area contributed by atoms with Crippen LogP contribution < -0.4 is 15.4 Å². The van der Waals surface area contributed by atoms with Crippen LogP contribution in [0.2, 0.25) is 5.02 Å². The van der Waals surface area contributed by atoms with Crippen molar-refractivity contribution in [3.8, 4) is 5.75 Å². The number of hydrogen-bond acceptors (Lipinski definition) is 5. The lowest BCUT2D eigenvalue weighted by Crippen LogP contribution is -2.41. The summed E-state index contributed by atoms with van der Waals surface area (Å²) in [6, 6.07) is 5.83. The van der Waals surface area contributed by atoms with E-state index in [9.17, 15) is 23.1 Å². The molecule has 11 heteroatoms. The smallest absolute Gasteiger partial charge is 0.417 e. The number of nitrogens with one attached hydrogen (secondary N) is 2. The first-order valence-corrected chi connectivity index (χ1v) is 11.6. The van der Waals surface area contributed by atoms with Crippen LogP contribution in [0.1, 0.15) is 64.0 Å². The third-order valence-corrected chi connectivity index (χ3v) is 5.64. The Bertz CT molecular complexity index is 1020. The van der Waals surface area contributed by atoms with Crippen LogP contribution in [0.3, 0.4) is 0 Å². The molecule has 3 rings (SSSR count). The number of urea groups is 1. The fraction of sp³-hybridized carbons (Fsp3) is 0.500. The van der Waals surface area contributed by atoms with Crippen LogP contribution in [0.5, 0.6) is 5.75 Å². The Morgan fingerprint density at radius 1 is 1.14 bits per heavy atom. The normalized spacial score (nSPS) is 19.7. The lowest BCUT2D eigenvalue weighted by Gasteiger charge is -2.30. The third kappa shape index (κ3) is 8.26. The van der Waals surface area contributed by atoms with E-state index in [1.165, 1.54) is 6.07 Å². The monoisotopic (exact) mass is 515 g/mol. The van der Waals surface area contributed by atoms with Crippen LogP contribution in [0.25, 0.3) is 0 Å². The molecule has 1 unspecified atom stereocenters. The molecule has 192 valence electrons. The maximum atomic E-state index is 13.0. The molecule has 7 nitrogen and oxygen atoms in total. The Kier molecular flexibility index (Phi) is 8.50. The first kappa shape index (κ1) is 27.0. The summed E-state index contributed by atoms with van der Waals surface area (Å²) in [7, 11) is 0. The molecular formula is C24H29ClF3N3O4.